The summed E-state index contributed by atoms with van der Waals surface area (Å²) in [6.45, 7) is 2.25. The molecule has 0 aliphatic carbocycles. The maximum absolute atomic E-state index is 12.3. The highest BCUT2D eigenvalue weighted by Crippen LogP contribution is 2.14. The number of H-pyrrole nitrogens is 1. The third-order valence-electron chi connectivity index (χ3n) is 4.43. The molecule has 0 saturated heterocycles. The summed E-state index contributed by atoms with van der Waals surface area (Å²) >= 11 is 1.33. The third-order valence-corrected chi connectivity index (χ3v) is 5.33. The van der Waals surface area contributed by atoms with Crippen LogP contribution in [0.4, 0.5) is 0 Å². The van der Waals surface area contributed by atoms with Crippen molar-refractivity contribution in [2.45, 2.75) is 32.7 Å². The van der Waals surface area contributed by atoms with Gasteiger partial charge in [0.05, 0.1) is 12.1 Å². The molecule has 6 nitrogen and oxygen atoms in total. The Kier molecular flexibility index (Phi) is 5.81. The van der Waals surface area contributed by atoms with Crippen molar-refractivity contribution in [1.82, 2.24) is 14.9 Å². The monoisotopic (exact) mass is 383 g/mol. The Morgan fingerprint density at radius 1 is 1.15 bits per heavy atom. The summed E-state index contributed by atoms with van der Waals surface area (Å²) < 4.78 is 0.576. The Morgan fingerprint density at radius 3 is 2.59 bits per heavy atom. The Balaban J connectivity index is 1.58. The maximum Gasteiger partial charge on any atom is 0.268 e. The molecule has 0 bridgehead atoms. The van der Waals surface area contributed by atoms with Gasteiger partial charge in [0.15, 0.2) is 5.78 Å². The van der Waals surface area contributed by atoms with Gasteiger partial charge in [-0.15, -0.1) is 11.3 Å². The number of nitrogens with one attached hydrogen (secondary N) is 1. The van der Waals surface area contributed by atoms with Crippen molar-refractivity contribution in [3.63, 3.8) is 0 Å². The van der Waals surface area contributed by atoms with Gasteiger partial charge in [-0.3, -0.25) is 14.4 Å². The van der Waals surface area contributed by atoms with Gasteiger partial charge in [0.2, 0.25) is 5.91 Å². The van der Waals surface area contributed by atoms with Gasteiger partial charge in [0, 0.05) is 25.5 Å². The quantitative estimate of drug-likeness (QED) is 0.635. The van der Waals surface area contributed by atoms with Gasteiger partial charge in [-0.1, -0.05) is 31.2 Å². The van der Waals surface area contributed by atoms with Crippen LogP contribution in [0.2, 0.25) is 0 Å². The summed E-state index contributed by atoms with van der Waals surface area (Å²) in [7, 11) is 1.64. The SMILES string of the molecule is CCc1ccc(C(=O)CCC(=O)N(C)Cc2nc3ccsc3c(=O)[nH]2)cc1. The average Bonchev–Trinajstić information content (AvgIpc) is 3.15. The van der Waals surface area contributed by atoms with Crippen LogP contribution in [-0.2, 0) is 17.8 Å². The Bertz CT molecular complexity index is 1020. The number of aromatic amines is 1. The lowest BCUT2D eigenvalue weighted by Crippen LogP contribution is -2.28. The zero-order chi connectivity index (χ0) is 19.4. The molecule has 2 aromatic heterocycles. The minimum atomic E-state index is -0.198. The molecule has 140 valence electrons. The van der Waals surface area contributed by atoms with E-state index >= 15 is 0 Å². The van der Waals surface area contributed by atoms with E-state index in [0.29, 0.717) is 21.6 Å². The molecule has 1 N–H and O–H groups in total. The number of benzene rings is 1. The number of ketones is 1. The summed E-state index contributed by atoms with van der Waals surface area (Å²) in [6.07, 6.45) is 1.20. The van der Waals surface area contributed by atoms with Crippen LogP contribution in [0.15, 0.2) is 40.5 Å². The molecule has 0 aliphatic rings. The Labute approximate surface area is 160 Å². The predicted octanol–water partition coefficient (Wildman–Crippen LogP) is 3.17. The molecule has 0 atom stereocenters. The predicted molar refractivity (Wildman–Crippen MR) is 106 cm³/mol. The van der Waals surface area contributed by atoms with Crippen LogP contribution in [0.1, 0.15) is 41.5 Å². The highest BCUT2D eigenvalue weighted by atomic mass is 32.1. The van der Waals surface area contributed by atoms with Crippen molar-refractivity contribution >= 4 is 33.2 Å². The normalized spacial score (nSPS) is 10.9. The highest BCUT2D eigenvalue weighted by Gasteiger charge is 2.15. The zero-order valence-electron chi connectivity index (χ0n) is 15.3. The second-order valence-electron chi connectivity index (χ2n) is 6.37. The van der Waals surface area contributed by atoms with Crippen LogP contribution in [-0.4, -0.2) is 33.6 Å². The van der Waals surface area contributed by atoms with Crippen molar-refractivity contribution < 1.29 is 9.59 Å². The van der Waals surface area contributed by atoms with Gasteiger partial charge in [-0.25, -0.2) is 4.98 Å². The number of hydrogen-bond acceptors (Lipinski definition) is 5. The van der Waals surface area contributed by atoms with E-state index in [1.54, 1.807) is 25.2 Å². The van der Waals surface area contributed by atoms with Crippen LogP contribution in [0.3, 0.4) is 0 Å². The van der Waals surface area contributed by atoms with Crippen LogP contribution in [0, 0.1) is 0 Å². The molecule has 0 aliphatic heterocycles. The van der Waals surface area contributed by atoms with Gasteiger partial charge in [0.1, 0.15) is 10.5 Å². The number of nitrogens with zero attached hydrogens (tertiary/aromatic N) is 2. The van der Waals surface area contributed by atoms with Crippen LogP contribution in [0.5, 0.6) is 0 Å². The van der Waals surface area contributed by atoms with Crippen molar-refractivity contribution in [2.24, 2.45) is 0 Å². The van der Waals surface area contributed by atoms with Crippen molar-refractivity contribution in [3.05, 3.63) is 63.0 Å². The smallest absolute Gasteiger partial charge is 0.268 e. The van der Waals surface area contributed by atoms with Gasteiger partial charge in [0.25, 0.3) is 5.56 Å². The summed E-state index contributed by atoms with van der Waals surface area (Å²) in [5.41, 5.74) is 2.23. The molecular weight excluding hydrogens is 362 g/mol. The molecule has 1 aromatic carbocycles. The van der Waals surface area contributed by atoms with Gasteiger partial charge in [-0.05, 0) is 23.4 Å². The maximum atomic E-state index is 12.3. The van der Waals surface area contributed by atoms with Crippen LogP contribution >= 0.6 is 11.3 Å². The number of carbonyl (C=O) groups excluding carboxylic acids is 2. The molecule has 0 saturated carbocycles. The number of rotatable bonds is 7. The number of hydrogen-bond donors (Lipinski definition) is 1. The molecule has 0 fully saturated rings. The number of fused-ring (bicyclic) bond motifs is 1. The molecule has 1 amide bonds. The number of Topliss-reactive ketones (excluding diaryl/α,β-unsaturated/α-hetero) is 1. The minimum absolute atomic E-state index is 0.0503. The minimum Gasteiger partial charge on any atom is -0.338 e. The van der Waals surface area contributed by atoms with Gasteiger partial charge < -0.3 is 9.88 Å². The lowest BCUT2D eigenvalue weighted by Gasteiger charge is -2.16. The Hall–Kier alpha value is -2.80. The first-order valence-corrected chi connectivity index (χ1v) is 9.68. The van der Waals surface area contributed by atoms with Crippen molar-refractivity contribution in [1.29, 1.82) is 0 Å². The van der Waals surface area contributed by atoms with E-state index in [2.05, 4.69) is 16.9 Å². The number of thiophene rings is 1. The third kappa shape index (κ3) is 4.49. The first-order chi connectivity index (χ1) is 13.0. The molecule has 0 spiro atoms. The first kappa shape index (κ1) is 19.0. The summed E-state index contributed by atoms with van der Waals surface area (Å²) in [4.78, 5) is 45.2. The zero-order valence-corrected chi connectivity index (χ0v) is 16.1. The van der Waals surface area contributed by atoms with E-state index in [9.17, 15) is 14.4 Å². The van der Waals surface area contributed by atoms with E-state index in [4.69, 9.17) is 0 Å². The second-order valence-corrected chi connectivity index (χ2v) is 7.29. The number of aromatic nitrogens is 2. The molecule has 3 aromatic rings. The molecule has 7 heteroatoms. The average molecular weight is 383 g/mol. The molecule has 27 heavy (non-hydrogen) atoms. The summed E-state index contributed by atoms with van der Waals surface area (Å²) in [6, 6.07) is 9.26. The standard InChI is InChI=1S/C20H21N3O3S/c1-3-13-4-6-14(7-5-13)16(24)8-9-18(25)23(2)12-17-21-15-10-11-27-19(15)20(26)22-17/h4-7,10-11H,3,8-9,12H2,1-2H3,(H,21,22,26). The molecule has 0 radical (unpaired) electrons. The largest absolute Gasteiger partial charge is 0.338 e. The fourth-order valence-electron chi connectivity index (χ4n) is 2.79. The fourth-order valence-corrected chi connectivity index (χ4v) is 3.52. The first-order valence-electron chi connectivity index (χ1n) is 8.80. The van der Waals surface area contributed by atoms with Gasteiger partial charge in [-0.2, -0.15) is 0 Å². The number of carbonyl (C=O) groups is 2. The summed E-state index contributed by atoms with van der Waals surface area (Å²) in [5.74, 6) is 0.218. The second kappa shape index (κ2) is 8.26. The van der Waals surface area contributed by atoms with Gasteiger partial charge >= 0.3 is 0 Å². The number of aryl methyl sites for hydroxylation is 1. The lowest BCUT2D eigenvalue weighted by molar-refractivity contribution is -0.130. The van der Waals surface area contributed by atoms with E-state index < -0.39 is 0 Å². The molecule has 2 heterocycles. The van der Waals surface area contributed by atoms with Crippen molar-refractivity contribution in [3.8, 4) is 0 Å². The van der Waals surface area contributed by atoms with E-state index in [-0.39, 0.29) is 36.6 Å². The topological polar surface area (TPSA) is 83.1 Å². The lowest BCUT2D eigenvalue weighted by atomic mass is 10.0. The van der Waals surface area contributed by atoms with E-state index in [1.165, 1.54) is 21.8 Å². The van der Waals surface area contributed by atoms with E-state index in [1.807, 2.05) is 17.5 Å². The summed E-state index contributed by atoms with van der Waals surface area (Å²) in [5, 5.41) is 1.81. The fraction of sp³-hybridized carbons (Fsp3) is 0.300. The number of amides is 1. The van der Waals surface area contributed by atoms with Crippen LogP contribution in [0.25, 0.3) is 10.2 Å². The highest BCUT2D eigenvalue weighted by molar-refractivity contribution is 7.17. The molecule has 0 unspecified atom stereocenters. The van der Waals surface area contributed by atoms with Crippen LogP contribution < -0.4 is 5.56 Å². The van der Waals surface area contributed by atoms with Crippen molar-refractivity contribution in [2.75, 3.05) is 7.05 Å². The van der Waals surface area contributed by atoms with E-state index in [0.717, 1.165) is 6.42 Å². The molecule has 3 rings (SSSR count). The Morgan fingerprint density at radius 2 is 1.89 bits per heavy atom. The molecular formula is C20H21N3O3S.